The zero-order chi connectivity index (χ0) is 14.4. The normalized spacial score (nSPS) is 13.6. The van der Waals surface area contributed by atoms with Gasteiger partial charge in [0.15, 0.2) is 0 Å². The molecule has 0 N–H and O–H groups in total. The molecule has 0 saturated heterocycles. The number of hydrogen-bond donors (Lipinski definition) is 0. The fourth-order valence-corrected chi connectivity index (χ4v) is 4.29. The lowest BCUT2D eigenvalue weighted by molar-refractivity contribution is 0.0845. The van der Waals surface area contributed by atoms with E-state index in [0.29, 0.717) is 19.8 Å². The minimum absolute atomic E-state index is 0.587. The van der Waals surface area contributed by atoms with Crippen LogP contribution in [0.15, 0.2) is 23.9 Å². The van der Waals surface area contributed by atoms with Gasteiger partial charge >= 0.3 is 8.80 Å². The monoisotopic (exact) mass is 290 g/mol. The van der Waals surface area contributed by atoms with E-state index in [0.717, 1.165) is 5.56 Å². The number of rotatable bonds is 8. The van der Waals surface area contributed by atoms with E-state index in [2.05, 4.69) is 30.4 Å². The zero-order valence-electron chi connectivity index (χ0n) is 12.4. The standard InChI is InChI=1S/C16H22O3Si/c1-4-17-20(18-5-2,19-6-3)12-11-14-7-8-15-9-10-16(15)13-14/h7-13H,4-6H2,1-3H3/b12-11+. The molecule has 0 atom stereocenters. The smallest absolute Gasteiger partial charge is 0.371 e. The lowest BCUT2D eigenvalue weighted by atomic mass is 9.96. The number of hydrogen-bond acceptors (Lipinski definition) is 3. The molecule has 3 nitrogen and oxygen atoms in total. The molecule has 0 aromatic heterocycles. The highest BCUT2D eigenvalue weighted by Crippen LogP contribution is 2.25. The largest absolute Gasteiger partial charge is 0.529 e. The average Bonchev–Trinajstić information content (AvgIpc) is 2.40. The van der Waals surface area contributed by atoms with Gasteiger partial charge in [-0.05, 0) is 49.2 Å². The van der Waals surface area contributed by atoms with Crippen molar-refractivity contribution in [2.24, 2.45) is 0 Å². The van der Waals surface area contributed by atoms with Gasteiger partial charge in [-0.3, -0.25) is 0 Å². The summed E-state index contributed by atoms with van der Waals surface area (Å²) in [6.07, 6.45) is 6.27. The fourth-order valence-electron chi connectivity index (χ4n) is 2.15. The Hall–Kier alpha value is -1.20. The Morgan fingerprint density at radius 1 is 0.900 bits per heavy atom. The second kappa shape index (κ2) is 6.99. The van der Waals surface area contributed by atoms with Gasteiger partial charge in [0.1, 0.15) is 0 Å². The van der Waals surface area contributed by atoms with Crippen LogP contribution in [0.2, 0.25) is 0 Å². The molecule has 0 fully saturated rings. The first-order valence-corrected chi connectivity index (χ1v) is 8.96. The molecule has 1 aliphatic carbocycles. The second-order valence-electron chi connectivity index (χ2n) is 4.46. The molecule has 1 aromatic carbocycles. The van der Waals surface area contributed by atoms with Crippen molar-refractivity contribution in [3.63, 3.8) is 0 Å². The highest BCUT2D eigenvalue weighted by Gasteiger charge is 2.37. The van der Waals surface area contributed by atoms with Gasteiger partial charge in [0.05, 0.1) is 0 Å². The van der Waals surface area contributed by atoms with Crippen LogP contribution in [-0.2, 0) is 13.3 Å². The van der Waals surface area contributed by atoms with Gasteiger partial charge in [-0.2, -0.15) is 0 Å². The third-order valence-corrected chi connectivity index (χ3v) is 5.72. The summed E-state index contributed by atoms with van der Waals surface area (Å²) in [4.78, 5) is 0. The van der Waals surface area contributed by atoms with Gasteiger partial charge in [0, 0.05) is 19.8 Å². The summed E-state index contributed by atoms with van der Waals surface area (Å²) in [7, 11) is -2.69. The van der Waals surface area contributed by atoms with Gasteiger partial charge in [-0.25, -0.2) is 0 Å². The van der Waals surface area contributed by atoms with Crippen molar-refractivity contribution in [1.29, 1.82) is 0 Å². The molecule has 0 heterocycles. The van der Waals surface area contributed by atoms with Crippen molar-refractivity contribution in [3.8, 4) is 0 Å². The molecule has 1 aromatic rings. The Kier molecular flexibility index (Phi) is 5.31. The molecule has 0 saturated carbocycles. The van der Waals surface area contributed by atoms with Crippen molar-refractivity contribution < 1.29 is 13.3 Å². The Morgan fingerprint density at radius 3 is 1.95 bits per heavy atom. The maximum Gasteiger partial charge on any atom is 0.529 e. The van der Waals surface area contributed by atoms with Crippen molar-refractivity contribution in [1.82, 2.24) is 0 Å². The summed E-state index contributed by atoms with van der Waals surface area (Å²) in [5.74, 6) is 0. The van der Waals surface area contributed by atoms with Crippen LogP contribution in [0.1, 0.15) is 37.5 Å². The lowest BCUT2D eigenvalue weighted by Crippen LogP contribution is -2.44. The maximum atomic E-state index is 5.79. The first-order chi connectivity index (χ1) is 9.73. The van der Waals surface area contributed by atoms with Crippen LogP contribution in [0, 0.1) is 0 Å². The molecule has 0 spiro atoms. The fraction of sp³-hybridized carbons (Fsp3) is 0.375. The number of fused-ring (bicyclic) bond motifs is 1. The topological polar surface area (TPSA) is 27.7 Å². The van der Waals surface area contributed by atoms with Crippen molar-refractivity contribution in [2.75, 3.05) is 19.8 Å². The van der Waals surface area contributed by atoms with Crippen LogP contribution in [0.25, 0.3) is 18.2 Å². The average molecular weight is 290 g/mol. The van der Waals surface area contributed by atoms with Gasteiger partial charge in [0.25, 0.3) is 0 Å². The third kappa shape index (κ3) is 3.46. The minimum atomic E-state index is -2.69. The van der Waals surface area contributed by atoms with E-state index in [9.17, 15) is 0 Å². The van der Waals surface area contributed by atoms with E-state index in [4.69, 9.17) is 13.3 Å². The first-order valence-electron chi connectivity index (χ1n) is 7.16. The Morgan fingerprint density at radius 2 is 1.50 bits per heavy atom. The summed E-state index contributed by atoms with van der Waals surface area (Å²) in [5.41, 5.74) is 5.70. The molecule has 0 unspecified atom stereocenters. The van der Waals surface area contributed by atoms with E-state index in [1.54, 1.807) is 0 Å². The van der Waals surface area contributed by atoms with E-state index in [-0.39, 0.29) is 0 Å². The van der Waals surface area contributed by atoms with Crippen molar-refractivity contribution >= 4 is 27.0 Å². The van der Waals surface area contributed by atoms with Crippen molar-refractivity contribution in [3.05, 3.63) is 40.6 Å². The van der Waals surface area contributed by atoms with Crippen molar-refractivity contribution in [2.45, 2.75) is 20.8 Å². The van der Waals surface area contributed by atoms with Crippen LogP contribution in [-0.4, -0.2) is 28.6 Å². The number of benzene rings is 1. The molecular weight excluding hydrogens is 268 g/mol. The second-order valence-corrected chi connectivity index (χ2v) is 6.86. The molecular formula is C16H22O3Si. The van der Waals surface area contributed by atoms with Crippen LogP contribution < -0.4 is 0 Å². The van der Waals surface area contributed by atoms with Gasteiger partial charge in [0.2, 0.25) is 0 Å². The molecule has 0 bridgehead atoms. The summed E-state index contributed by atoms with van der Waals surface area (Å²) >= 11 is 0. The minimum Gasteiger partial charge on any atom is -0.371 e. The molecule has 0 amide bonds. The molecule has 4 heteroatoms. The molecule has 0 radical (unpaired) electrons. The van der Waals surface area contributed by atoms with E-state index in [1.165, 1.54) is 11.1 Å². The first kappa shape index (κ1) is 15.2. The van der Waals surface area contributed by atoms with Gasteiger partial charge in [-0.15, -0.1) is 0 Å². The van der Waals surface area contributed by atoms with Crippen LogP contribution in [0.5, 0.6) is 0 Å². The summed E-state index contributed by atoms with van der Waals surface area (Å²) in [6, 6.07) is 6.39. The van der Waals surface area contributed by atoms with E-state index < -0.39 is 8.80 Å². The quantitative estimate of drug-likeness (QED) is 0.693. The highest BCUT2D eigenvalue weighted by atomic mass is 28.4. The highest BCUT2D eigenvalue weighted by molar-refractivity contribution is 6.67. The molecule has 1 aliphatic rings. The molecule has 108 valence electrons. The summed E-state index contributed by atoms with van der Waals surface area (Å²) in [6.45, 7) is 7.65. The predicted molar refractivity (Wildman–Crippen MR) is 85.0 cm³/mol. The molecule has 0 aliphatic heterocycles. The zero-order valence-corrected chi connectivity index (χ0v) is 13.4. The lowest BCUT2D eigenvalue weighted by Gasteiger charge is -2.25. The summed E-state index contributed by atoms with van der Waals surface area (Å²) < 4.78 is 17.4. The van der Waals surface area contributed by atoms with Gasteiger partial charge < -0.3 is 13.3 Å². The SMILES string of the molecule is CCO[Si](/C=C/c1ccc2c(c1)C=C2)(OCC)OCC. The predicted octanol–water partition coefficient (Wildman–Crippen LogP) is 3.77. The Labute approximate surface area is 122 Å². The van der Waals surface area contributed by atoms with Crippen LogP contribution >= 0.6 is 0 Å². The molecule has 20 heavy (non-hydrogen) atoms. The van der Waals surface area contributed by atoms with Crippen LogP contribution in [0.4, 0.5) is 0 Å². The Balaban J connectivity index is 2.16. The molecule has 2 rings (SSSR count). The van der Waals surface area contributed by atoms with E-state index >= 15 is 0 Å². The summed E-state index contributed by atoms with van der Waals surface area (Å²) in [5, 5.41) is 0. The third-order valence-electron chi connectivity index (χ3n) is 3.07. The maximum absolute atomic E-state index is 5.79. The van der Waals surface area contributed by atoms with Gasteiger partial charge in [-0.1, -0.05) is 30.4 Å². The van der Waals surface area contributed by atoms with E-state index in [1.807, 2.05) is 32.5 Å². The van der Waals surface area contributed by atoms with Crippen LogP contribution in [0.3, 0.4) is 0 Å². The Bertz CT molecular complexity index is 491.